The topological polar surface area (TPSA) is 94.5 Å². The normalized spacial score (nSPS) is 11.8. The first-order valence-corrected chi connectivity index (χ1v) is 13.7. The highest BCUT2D eigenvalue weighted by Crippen LogP contribution is 2.45. The van der Waals surface area contributed by atoms with Gasteiger partial charge >= 0.3 is 12.1 Å². The van der Waals surface area contributed by atoms with Crippen molar-refractivity contribution in [2.75, 3.05) is 32.8 Å². The molecule has 4 aromatic rings. The molecule has 0 saturated carbocycles. The van der Waals surface area contributed by atoms with Gasteiger partial charge in [0.05, 0.1) is 33.6 Å². The number of benzene rings is 4. The maximum absolute atomic E-state index is 13.9. The second-order valence-electron chi connectivity index (χ2n) is 9.97. The summed E-state index contributed by atoms with van der Waals surface area (Å²) in [5.41, 5.74) is 6.45. The van der Waals surface area contributed by atoms with Crippen LogP contribution >= 0.6 is 0 Å². The molecule has 0 spiro atoms. The van der Waals surface area contributed by atoms with E-state index in [2.05, 4.69) is 24.3 Å². The molecule has 0 fully saturated rings. The zero-order valence-electron chi connectivity index (χ0n) is 23.8. The van der Waals surface area contributed by atoms with Gasteiger partial charge in [0.25, 0.3) is 0 Å². The van der Waals surface area contributed by atoms with Crippen molar-refractivity contribution < 1.29 is 33.6 Å². The number of carbonyl (C=O) groups is 2. The van der Waals surface area contributed by atoms with Crippen LogP contribution in [0.15, 0.2) is 84.9 Å². The summed E-state index contributed by atoms with van der Waals surface area (Å²) in [5.74, 6) is 0.542. The molecule has 0 atom stereocenters. The maximum Gasteiger partial charge on any atom is 0.414 e. The fourth-order valence-corrected chi connectivity index (χ4v) is 5.43. The quantitative estimate of drug-likeness (QED) is 0.216. The number of amides is 1. The van der Waals surface area contributed by atoms with Crippen molar-refractivity contribution in [1.29, 1.82) is 0 Å². The Labute approximate surface area is 245 Å². The Hall–Kier alpha value is -4.98. The minimum atomic E-state index is -0.930. The van der Waals surface area contributed by atoms with Gasteiger partial charge in [0.2, 0.25) is 0 Å². The second kappa shape index (κ2) is 12.7. The van der Waals surface area contributed by atoms with Crippen molar-refractivity contribution in [2.24, 2.45) is 0 Å². The zero-order chi connectivity index (χ0) is 29.6. The number of fused-ring (bicyclic) bond motifs is 3. The molecule has 0 unspecified atom stereocenters. The first-order chi connectivity index (χ1) is 20.4. The van der Waals surface area contributed by atoms with Gasteiger partial charge in [-0.1, -0.05) is 60.7 Å². The van der Waals surface area contributed by atoms with Gasteiger partial charge in [-0.15, -0.1) is 0 Å². The van der Waals surface area contributed by atoms with Crippen molar-refractivity contribution >= 4 is 17.7 Å². The molecule has 0 bridgehead atoms. The Morgan fingerprint density at radius 1 is 0.786 bits per heavy atom. The van der Waals surface area contributed by atoms with Gasteiger partial charge in [-0.05, 0) is 58.0 Å². The SMILES string of the molecule is COc1ccc(CN(C(=O)OCC2c3ccccc3-c3ccccc32)c2cc(CCC(=O)O)c(OC)cc2OC)cc1. The molecular formula is C34H33NO7. The van der Waals surface area contributed by atoms with Crippen LogP contribution in [-0.2, 0) is 22.5 Å². The molecule has 1 N–H and O–H groups in total. The number of rotatable bonds is 11. The molecule has 1 aliphatic rings. The average molecular weight is 568 g/mol. The largest absolute Gasteiger partial charge is 0.497 e. The van der Waals surface area contributed by atoms with Gasteiger partial charge in [0.1, 0.15) is 23.9 Å². The first kappa shape index (κ1) is 28.5. The molecule has 0 radical (unpaired) electrons. The van der Waals surface area contributed by atoms with Crippen molar-refractivity contribution in [3.05, 3.63) is 107 Å². The van der Waals surface area contributed by atoms with Crippen LogP contribution in [0.3, 0.4) is 0 Å². The molecule has 8 nitrogen and oxygen atoms in total. The van der Waals surface area contributed by atoms with E-state index < -0.39 is 12.1 Å². The second-order valence-corrected chi connectivity index (χ2v) is 9.97. The third-order valence-electron chi connectivity index (χ3n) is 7.54. The predicted molar refractivity (Wildman–Crippen MR) is 160 cm³/mol. The monoisotopic (exact) mass is 567 g/mol. The highest BCUT2D eigenvalue weighted by Gasteiger charge is 2.31. The summed E-state index contributed by atoms with van der Waals surface area (Å²) in [6.07, 6.45) is -0.428. The lowest BCUT2D eigenvalue weighted by Gasteiger charge is -2.26. The van der Waals surface area contributed by atoms with E-state index >= 15 is 0 Å². The number of carboxylic acid groups (broad SMARTS) is 1. The number of anilines is 1. The van der Waals surface area contributed by atoms with Gasteiger partial charge in [0, 0.05) is 18.4 Å². The third-order valence-corrected chi connectivity index (χ3v) is 7.54. The van der Waals surface area contributed by atoms with E-state index in [-0.39, 0.29) is 31.9 Å². The number of carboxylic acids is 1. The standard InChI is InChI=1S/C34H33NO7/c1-39-24-15-12-22(13-16-24)20-35(30-18-23(14-17-33(36)37)31(40-2)19-32(30)41-3)34(38)42-21-29-27-10-6-4-8-25(27)26-9-5-7-11-28(26)29/h4-13,15-16,18-19,29H,14,17,20-21H2,1-3H3,(H,36,37). The van der Waals surface area contributed by atoms with Crippen molar-refractivity contribution in [3.63, 3.8) is 0 Å². The zero-order valence-corrected chi connectivity index (χ0v) is 23.8. The molecule has 0 heterocycles. The van der Waals surface area contributed by atoms with E-state index in [1.807, 2.05) is 48.5 Å². The number of carbonyl (C=O) groups excluding carboxylic acids is 1. The van der Waals surface area contributed by atoms with E-state index in [0.29, 0.717) is 28.5 Å². The number of aliphatic carboxylic acids is 1. The summed E-state index contributed by atoms with van der Waals surface area (Å²) in [4.78, 5) is 26.8. The number of hydrogen-bond acceptors (Lipinski definition) is 6. The van der Waals surface area contributed by atoms with Crippen LogP contribution in [0.25, 0.3) is 11.1 Å². The van der Waals surface area contributed by atoms with Crippen molar-refractivity contribution in [3.8, 4) is 28.4 Å². The van der Waals surface area contributed by atoms with E-state index in [4.69, 9.17) is 18.9 Å². The minimum Gasteiger partial charge on any atom is -0.497 e. The number of nitrogens with zero attached hydrogens (tertiary/aromatic N) is 1. The van der Waals surface area contributed by atoms with Crippen LogP contribution < -0.4 is 19.1 Å². The molecule has 216 valence electrons. The molecule has 42 heavy (non-hydrogen) atoms. The third kappa shape index (κ3) is 5.88. The Balaban J connectivity index is 1.49. The lowest BCUT2D eigenvalue weighted by atomic mass is 9.98. The molecular weight excluding hydrogens is 534 g/mol. The molecule has 0 aliphatic heterocycles. The molecule has 5 rings (SSSR count). The lowest BCUT2D eigenvalue weighted by Crippen LogP contribution is -2.32. The summed E-state index contributed by atoms with van der Waals surface area (Å²) >= 11 is 0. The molecule has 1 aliphatic carbocycles. The average Bonchev–Trinajstić information content (AvgIpc) is 3.34. The molecule has 0 saturated heterocycles. The fourth-order valence-electron chi connectivity index (χ4n) is 5.43. The molecule has 1 amide bonds. The van der Waals surface area contributed by atoms with Crippen LogP contribution in [0.4, 0.5) is 10.5 Å². The van der Waals surface area contributed by atoms with Crippen LogP contribution in [0.2, 0.25) is 0 Å². The van der Waals surface area contributed by atoms with Gasteiger partial charge < -0.3 is 24.1 Å². The lowest BCUT2D eigenvalue weighted by molar-refractivity contribution is -0.136. The Morgan fingerprint density at radius 3 is 1.98 bits per heavy atom. The van der Waals surface area contributed by atoms with Crippen LogP contribution in [-0.4, -0.2) is 45.1 Å². The number of hydrogen-bond donors (Lipinski definition) is 1. The number of methoxy groups -OCH3 is 3. The fraction of sp³-hybridized carbons (Fsp3) is 0.235. The smallest absolute Gasteiger partial charge is 0.414 e. The van der Waals surface area contributed by atoms with Crippen molar-refractivity contribution in [2.45, 2.75) is 25.3 Å². The van der Waals surface area contributed by atoms with Gasteiger partial charge in [-0.2, -0.15) is 0 Å². The highest BCUT2D eigenvalue weighted by atomic mass is 16.6. The van der Waals surface area contributed by atoms with E-state index in [0.717, 1.165) is 27.8 Å². The number of aryl methyl sites for hydroxylation is 1. The highest BCUT2D eigenvalue weighted by molar-refractivity contribution is 5.90. The summed E-state index contributed by atoms with van der Waals surface area (Å²) in [7, 11) is 4.62. The summed E-state index contributed by atoms with van der Waals surface area (Å²) in [6, 6.07) is 27.2. The van der Waals surface area contributed by atoms with Gasteiger partial charge in [-0.25, -0.2) is 4.79 Å². The Bertz CT molecular complexity index is 1540. The van der Waals surface area contributed by atoms with Crippen molar-refractivity contribution in [1.82, 2.24) is 0 Å². The Kier molecular flexibility index (Phi) is 8.62. The van der Waals surface area contributed by atoms with E-state index in [1.165, 1.54) is 19.1 Å². The predicted octanol–water partition coefficient (Wildman–Crippen LogP) is 6.69. The molecule has 0 aromatic heterocycles. The summed E-state index contributed by atoms with van der Waals surface area (Å²) in [5, 5.41) is 9.30. The minimum absolute atomic E-state index is 0.0917. The van der Waals surface area contributed by atoms with Gasteiger partial charge in [0.15, 0.2) is 0 Å². The summed E-state index contributed by atoms with van der Waals surface area (Å²) < 4.78 is 22.5. The van der Waals surface area contributed by atoms with Crippen LogP contribution in [0.1, 0.15) is 34.6 Å². The number of ether oxygens (including phenoxy) is 4. The summed E-state index contributed by atoms with van der Waals surface area (Å²) in [6.45, 7) is 0.331. The first-order valence-electron chi connectivity index (χ1n) is 13.7. The molecule has 8 heteroatoms. The molecule has 4 aromatic carbocycles. The van der Waals surface area contributed by atoms with Gasteiger partial charge in [-0.3, -0.25) is 9.69 Å². The van der Waals surface area contributed by atoms with Crippen LogP contribution in [0, 0.1) is 0 Å². The van der Waals surface area contributed by atoms with E-state index in [1.54, 1.807) is 19.2 Å². The van der Waals surface area contributed by atoms with E-state index in [9.17, 15) is 14.7 Å². The maximum atomic E-state index is 13.9. The Morgan fingerprint density at radius 2 is 1.40 bits per heavy atom. The van der Waals surface area contributed by atoms with Crippen LogP contribution in [0.5, 0.6) is 17.2 Å².